The molecule has 0 spiro atoms. The maximum atomic E-state index is 14.4. The maximum absolute atomic E-state index is 14.4. The van der Waals surface area contributed by atoms with Crippen LogP contribution in [0, 0.1) is 5.82 Å². The van der Waals surface area contributed by atoms with Crippen LogP contribution in [-0.2, 0) is 0 Å². The lowest BCUT2D eigenvalue weighted by Gasteiger charge is -2.32. The fourth-order valence-electron chi connectivity index (χ4n) is 3.86. The number of halogens is 4. The molecule has 1 aliphatic heterocycles. The molecule has 1 amide bonds. The van der Waals surface area contributed by atoms with Crippen molar-refractivity contribution >= 4 is 22.5 Å². The maximum Gasteiger partial charge on any atom is 0.573 e. The van der Waals surface area contributed by atoms with Gasteiger partial charge in [-0.1, -0.05) is 6.07 Å². The summed E-state index contributed by atoms with van der Waals surface area (Å²) in [6.07, 6.45) is -2.33. The number of nitrogen functional groups attached to an aromatic ring is 1. The summed E-state index contributed by atoms with van der Waals surface area (Å²) in [5.41, 5.74) is 6.94. The molecule has 2 heterocycles. The average Bonchev–Trinajstić information content (AvgIpc) is 2.72. The van der Waals surface area contributed by atoms with Gasteiger partial charge in [0.25, 0.3) is 5.91 Å². The Labute approximate surface area is 174 Å². The summed E-state index contributed by atoms with van der Waals surface area (Å²) in [6.45, 7) is 0.757. The van der Waals surface area contributed by atoms with Gasteiger partial charge in [-0.25, -0.2) is 14.4 Å². The Bertz CT molecular complexity index is 1120. The summed E-state index contributed by atoms with van der Waals surface area (Å²) in [5.74, 6) is -1.31. The largest absolute Gasteiger partial charge is 0.573 e. The minimum atomic E-state index is -4.84. The second-order valence-electron chi connectivity index (χ2n) is 7.26. The Kier molecular flexibility index (Phi) is 5.38. The Hall–Kier alpha value is -3.43. The fourth-order valence-corrected chi connectivity index (χ4v) is 3.86. The third kappa shape index (κ3) is 4.37. The first-order chi connectivity index (χ1) is 14.7. The number of rotatable bonds is 3. The van der Waals surface area contributed by atoms with E-state index in [0.29, 0.717) is 42.5 Å². The summed E-state index contributed by atoms with van der Waals surface area (Å²) < 4.78 is 55.2. The van der Waals surface area contributed by atoms with Gasteiger partial charge in [0, 0.05) is 30.8 Å². The Morgan fingerprint density at radius 3 is 2.55 bits per heavy atom. The number of carbonyl (C=O) groups excluding carboxylic acids is 1. The fraction of sp³-hybridized carbons (Fsp3) is 0.286. The average molecular weight is 434 g/mol. The van der Waals surface area contributed by atoms with E-state index < -0.39 is 12.1 Å². The van der Waals surface area contributed by atoms with Crippen LogP contribution in [0.2, 0.25) is 0 Å². The summed E-state index contributed by atoms with van der Waals surface area (Å²) in [6, 6.07) is 7.92. The lowest BCUT2D eigenvalue weighted by molar-refractivity contribution is -0.274. The van der Waals surface area contributed by atoms with Crippen LogP contribution in [0.15, 0.2) is 42.7 Å². The van der Waals surface area contributed by atoms with E-state index in [0.717, 1.165) is 12.1 Å². The number of fused-ring (bicyclic) bond motifs is 1. The normalized spacial score (nSPS) is 15.3. The van der Waals surface area contributed by atoms with E-state index in [1.165, 1.54) is 18.5 Å². The minimum absolute atomic E-state index is 0.0497. The molecule has 0 bridgehead atoms. The molecule has 2 aromatic carbocycles. The highest BCUT2D eigenvalue weighted by molar-refractivity contribution is 5.99. The van der Waals surface area contributed by atoms with Crippen molar-refractivity contribution < 1.29 is 27.1 Å². The molecule has 10 heteroatoms. The van der Waals surface area contributed by atoms with E-state index in [9.17, 15) is 22.4 Å². The van der Waals surface area contributed by atoms with E-state index in [4.69, 9.17) is 5.73 Å². The number of aromatic nitrogens is 2. The topological polar surface area (TPSA) is 81.3 Å². The second kappa shape index (κ2) is 8.01. The number of hydrogen-bond donors (Lipinski definition) is 1. The number of nitrogens with zero attached hydrogens (tertiary/aromatic N) is 3. The van der Waals surface area contributed by atoms with Gasteiger partial charge in [-0.05, 0) is 37.1 Å². The van der Waals surface area contributed by atoms with Crippen LogP contribution in [0.25, 0.3) is 10.9 Å². The van der Waals surface area contributed by atoms with Gasteiger partial charge in [0.15, 0.2) is 0 Å². The van der Waals surface area contributed by atoms with Gasteiger partial charge in [0.05, 0.1) is 22.2 Å². The molecule has 0 radical (unpaired) electrons. The molecule has 1 saturated heterocycles. The van der Waals surface area contributed by atoms with E-state index >= 15 is 0 Å². The van der Waals surface area contributed by atoms with Gasteiger partial charge in [0.1, 0.15) is 17.9 Å². The number of anilines is 1. The molecule has 2 N–H and O–H groups in total. The molecule has 0 saturated carbocycles. The number of likely N-dealkylation sites (tertiary alicyclic amines) is 1. The van der Waals surface area contributed by atoms with Crippen LogP contribution in [0.3, 0.4) is 0 Å². The van der Waals surface area contributed by atoms with Gasteiger partial charge in [-0.3, -0.25) is 4.79 Å². The highest BCUT2D eigenvalue weighted by Crippen LogP contribution is 2.33. The molecule has 0 atom stereocenters. The number of nitrogens with two attached hydrogens (primary N) is 1. The molecule has 1 aliphatic rings. The van der Waals surface area contributed by atoms with Gasteiger partial charge in [0.2, 0.25) is 0 Å². The molecule has 162 valence electrons. The molecule has 6 nitrogen and oxygen atoms in total. The summed E-state index contributed by atoms with van der Waals surface area (Å²) in [4.78, 5) is 22.8. The van der Waals surface area contributed by atoms with Crippen LogP contribution < -0.4 is 10.5 Å². The number of alkyl halides is 3. The first kappa shape index (κ1) is 20.8. The van der Waals surface area contributed by atoms with E-state index in [1.807, 2.05) is 0 Å². The van der Waals surface area contributed by atoms with Crippen molar-refractivity contribution in [3.63, 3.8) is 0 Å². The number of benzene rings is 2. The lowest BCUT2D eigenvalue weighted by atomic mass is 9.90. The van der Waals surface area contributed by atoms with Crippen molar-refractivity contribution in [3.05, 3.63) is 59.8 Å². The summed E-state index contributed by atoms with van der Waals surface area (Å²) in [5, 5.41) is 0.388. The van der Waals surface area contributed by atoms with Crippen molar-refractivity contribution in [1.82, 2.24) is 14.9 Å². The monoisotopic (exact) mass is 434 g/mol. The smallest absolute Gasteiger partial charge is 0.406 e. The van der Waals surface area contributed by atoms with Crippen molar-refractivity contribution in [2.75, 3.05) is 18.8 Å². The number of amides is 1. The first-order valence-electron chi connectivity index (χ1n) is 9.56. The van der Waals surface area contributed by atoms with Crippen molar-refractivity contribution in [3.8, 4) is 5.75 Å². The van der Waals surface area contributed by atoms with Gasteiger partial charge < -0.3 is 15.4 Å². The first-order valence-corrected chi connectivity index (χ1v) is 9.56. The highest BCUT2D eigenvalue weighted by atomic mass is 19.4. The Morgan fingerprint density at radius 2 is 1.87 bits per heavy atom. The molecule has 4 rings (SSSR count). The second-order valence-corrected chi connectivity index (χ2v) is 7.26. The van der Waals surface area contributed by atoms with Gasteiger partial charge in [-0.2, -0.15) is 0 Å². The molecule has 3 aromatic rings. The molecule has 0 unspecified atom stereocenters. The molecule has 0 aliphatic carbocycles. The number of ether oxygens (including phenoxy) is 1. The van der Waals surface area contributed by atoms with Crippen molar-refractivity contribution in [2.24, 2.45) is 0 Å². The molecule has 31 heavy (non-hydrogen) atoms. The lowest BCUT2D eigenvalue weighted by Crippen LogP contribution is -2.38. The number of piperidine rings is 1. The van der Waals surface area contributed by atoms with E-state index in [-0.39, 0.29) is 28.9 Å². The van der Waals surface area contributed by atoms with Crippen molar-refractivity contribution in [2.45, 2.75) is 25.1 Å². The SMILES string of the molecule is Nc1cc(OC(F)(F)F)ccc1C(=O)N1CCC(c2ncnc3cccc(F)c23)CC1. The Morgan fingerprint density at radius 1 is 1.13 bits per heavy atom. The minimum Gasteiger partial charge on any atom is -0.406 e. The highest BCUT2D eigenvalue weighted by Gasteiger charge is 2.32. The van der Waals surface area contributed by atoms with Gasteiger partial charge in [-0.15, -0.1) is 13.2 Å². The number of carbonyl (C=O) groups is 1. The third-order valence-electron chi connectivity index (χ3n) is 5.30. The number of hydrogen-bond acceptors (Lipinski definition) is 5. The predicted octanol–water partition coefficient (Wildman–Crippen LogP) is 4.27. The van der Waals surface area contributed by atoms with Crippen LogP contribution in [0.4, 0.5) is 23.2 Å². The molecule has 1 fully saturated rings. The van der Waals surface area contributed by atoms with Crippen LogP contribution in [0.1, 0.15) is 34.8 Å². The quantitative estimate of drug-likeness (QED) is 0.492. The summed E-state index contributed by atoms with van der Waals surface area (Å²) >= 11 is 0. The zero-order valence-electron chi connectivity index (χ0n) is 16.2. The summed E-state index contributed by atoms with van der Waals surface area (Å²) in [7, 11) is 0. The standard InChI is InChI=1S/C21H18F4N4O2/c22-15-2-1-3-17-18(15)19(28-11-27-17)12-6-8-29(9-7-12)20(30)14-5-4-13(10-16(14)26)31-21(23,24)25/h1-5,10-12H,6-9,26H2. The van der Waals surface area contributed by atoms with Gasteiger partial charge >= 0.3 is 6.36 Å². The molecule has 1 aromatic heterocycles. The van der Waals surface area contributed by atoms with Crippen LogP contribution >= 0.6 is 0 Å². The zero-order chi connectivity index (χ0) is 22.2. The zero-order valence-corrected chi connectivity index (χ0v) is 16.2. The van der Waals surface area contributed by atoms with Crippen LogP contribution in [-0.4, -0.2) is 40.2 Å². The molecular weight excluding hydrogens is 416 g/mol. The van der Waals surface area contributed by atoms with E-state index in [2.05, 4.69) is 14.7 Å². The van der Waals surface area contributed by atoms with Crippen LogP contribution in [0.5, 0.6) is 5.75 Å². The predicted molar refractivity (Wildman–Crippen MR) is 105 cm³/mol. The third-order valence-corrected chi connectivity index (χ3v) is 5.30. The van der Waals surface area contributed by atoms with Crippen molar-refractivity contribution in [1.29, 1.82) is 0 Å². The molecular formula is C21H18F4N4O2. The Balaban J connectivity index is 1.48. The van der Waals surface area contributed by atoms with E-state index in [1.54, 1.807) is 17.0 Å².